The SMILES string of the molecule is SCC#CI. The number of halogens is 1. The third-order valence-electron chi connectivity index (χ3n) is 0.146. The van der Waals surface area contributed by atoms with E-state index in [0.717, 1.165) is 0 Å². The van der Waals surface area contributed by atoms with Crippen LogP contribution in [-0.2, 0) is 0 Å². The van der Waals surface area contributed by atoms with Crippen LogP contribution >= 0.6 is 35.2 Å². The van der Waals surface area contributed by atoms with Gasteiger partial charge in [0, 0.05) is 22.6 Å². The Morgan fingerprint density at radius 3 is 2.40 bits per heavy atom. The van der Waals surface area contributed by atoms with Crippen molar-refractivity contribution in [3.63, 3.8) is 0 Å². The predicted molar refractivity (Wildman–Crippen MR) is 35.6 cm³/mol. The maximum Gasteiger partial charge on any atom is 0.0525 e. The molecule has 5 heavy (non-hydrogen) atoms. The van der Waals surface area contributed by atoms with E-state index in [-0.39, 0.29) is 0 Å². The standard InChI is InChI=1S/C3H3IS/c4-2-1-3-5/h5H,3H2. The van der Waals surface area contributed by atoms with E-state index in [0.29, 0.717) is 5.75 Å². The molecule has 0 aliphatic carbocycles. The highest BCUT2D eigenvalue weighted by molar-refractivity contribution is 14.1. The van der Waals surface area contributed by atoms with Gasteiger partial charge in [0.05, 0.1) is 5.75 Å². The fraction of sp³-hybridized carbons (Fsp3) is 0.333. The third kappa shape index (κ3) is 4.64. The Kier molecular flexibility index (Phi) is 5.23. The van der Waals surface area contributed by atoms with Gasteiger partial charge in [0.25, 0.3) is 0 Å². The van der Waals surface area contributed by atoms with Crippen molar-refractivity contribution in [1.82, 2.24) is 0 Å². The van der Waals surface area contributed by atoms with Crippen molar-refractivity contribution in [3.05, 3.63) is 0 Å². The lowest BCUT2D eigenvalue weighted by atomic mass is 10.8. The summed E-state index contributed by atoms with van der Waals surface area (Å²) in [5.74, 6) is 3.38. The van der Waals surface area contributed by atoms with Crippen LogP contribution in [0.15, 0.2) is 0 Å². The molecule has 0 N–H and O–H groups in total. The van der Waals surface area contributed by atoms with E-state index in [1.54, 1.807) is 0 Å². The molecule has 0 fully saturated rings. The molecule has 0 amide bonds. The van der Waals surface area contributed by atoms with Gasteiger partial charge in [-0.05, 0) is 3.93 Å². The lowest BCUT2D eigenvalue weighted by molar-refractivity contribution is 1.99. The summed E-state index contributed by atoms with van der Waals surface area (Å²) >= 11 is 5.80. The first-order chi connectivity index (χ1) is 2.41. The molecule has 0 atom stereocenters. The van der Waals surface area contributed by atoms with Crippen molar-refractivity contribution in [2.75, 3.05) is 5.75 Å². The van der Waals surface area contributed by atoms with Crippen molar-refractivity contribution < 1.29 is 0 Å². The van der Waals surface area contributed by atoms with Gasteiger partial charge in [-0.3, -0.25) is 0 Å². The molecule has 2 heteroatoms. The smallest absolute Gasteiger partial charge is 0.0525 e. The van der Waals surface area contributed by atoms with Gasteiger partial charge < -0.3 is 0 Å². The van der Waals surface area contributed by atoms with Gasteiger partial charge >= 0.3 is 0 Å². The second-order valence-corrected chi connectivity index (χ2v) is 1.28. The van der Waals surface area contributed by atoms with Crippen molar-refractivity contribution in [2.45, 2.75) is 0 Å². The third-order valence-corrected chi connectivity index (χ3v) is 0.685. The summed E-state index contributed by atoms with van der Waals surface area (Å²) in [5, 5.41) is 0. The zero-order valence-electron chi connectivity index (χ0n) is 2.53. The van der Waals surface area contributed by atoms with Gasteiger partial charge in [-0.2, -0.15) is 12.6 Å². The fourth-order valence-electron chi connectivity index (χ4n) is 0.0299. The highest BCUT2D eigenvalue weighted by Crippen LogP contribution is 1.71. The Morgan fingerprint density at radius 2 is 2.40 bits per heavy atom. The van der Waals surface area contributed by atoms with Crippen LogP contribution in [0.2, 0.25) is 0 Å². The molecule has 0 saturated heterocycles. The number of hydrogen-bond acceptors (Lipinski definition) is 1. The normalized spacial score (nSPS) is 5.20. The first kappa shape index (κ1) is 5.64. The zero-order chi connectivity index (χ0) is 4.12. The minimum Gasteiger partial charge on any atom is -0.166 e. The molecule has 0 heterocycles. The Labute approximate surface area is 50.9 Å². The summed E-state index contributed by atoms with van der Waals surface area (Å²) in [5.41, 5.74) is 0. The van der Waals surface area contributed by atoms with Gasteiger partial charge in [0.2, 0.25) is 0 Å². The van der Waals surface area contributed by atoms with Crippen molar-refractivity contribution in [2.24, 2.45) is 0 Å². The maximum absolute atomic E-state index is 3.82. The van der Waals surface area contributed by atoms with Crippen molar-refractivity contribution in [1.29, 1.82) is 0 Å². The molecule has 0 aromatic heterocycles. The van der Waals surface area contributed by atoms with Crippen LogP contribution in [0, 0.1) is 9.85 Å². The van der Waals surface area contributed by atoms with Crippen LogP contribution in [0.3, 0.4) is 0 Å². The van der Waals surface area contributed by atoms with E-state index in [2.05, 4.69) is 22.5 Å². The molecular weight excluding hydrogens is 195 g/mol. The lowest BCUT2D eigenvalue weighted by Crippen LogP contribution is -1.50. The number of rotatable bonds is 0. The average molecular weight is 198 g/mol. The molecule has 0 unspecified atom stereocenters. The molecule has 0 aliphatic rings. The second kappa shape index (κ2) is 4.64. The van der Waals surface area contributed by atoms with E-state index < -0.39 is 0 Å². The maximum atomic E-state index is 3.82. The molecule has 0 spiro atoms. The average Bonchev–Trinajstić information content (AvgIpc) is 1.41. The van der Waals surface area contributed by atoms with E-state index in [1.807, 2.05) is 22.6 Å². The van der Waals surface area contributed by atoms with Gasteiger partial charge in [-0.25, -0.2) is 0 Å². The Bertz CT molecular complexity index is 59.0. The summed E-state index contributed by atoms with van der Waals surface area (Å²) in [4.78, 5) is 0. The molecule has 0 nitrogen and oxygen atoms in total. The Morgan fingerprint density at radius 1 is 1.80 bits per heavy atom. The number of hydrogen-bond donors (Lipinski definition) is 1. The quantitative estimate of drug-likeness (QED) is 0.338. The Balaban J connectivity index is 2.81. The molecule has 0 aromatic rings. The highest BCUT2D eigenvalue weighted by Gasteiger charge is 1.50. The van der Waals surface area contributed by atoms with Crippen LogP contribution in [0.4, 0.5) is 0 Å². The summed E-state index contributed by atoms with van der Waals surface area (Å²) in [7, 11) is 0. The zero-order valence-corrected chi connectivity index (χ0v) is 5.58. The van der Waals surface area contributed by atoms with Gasteiger partial charge in [0.15, 0.2) is 0 Å². The predicted octanol–water partition coefficient (Wildman–Crippen LogP) is 1.31. The topological polar surface area (TPSA) is 0 Å². The van der Waals surface area contributed by atoms with Crippen LogP contribution < -0.4 is 0 Å². The van der Waals surface area contributed by atoms with E-state index in [1.165, 1.54) is 0 Å². The van der Waals surface area contributed by atoms with Gasteiger partial charge in [0.1, 0.15) is 0 Å². The molecular formula is C3H3IS. The monoisotopic (exact) mass is 198 g/mol. The summed E-state index contributed by atoms with van der Waals surface area (Å²) < 4.78 is 2.66. The summed E-state index contributed by atoms with van der Waals surface area (Å²) in [6.07, 6.45) is 0. The molecule has 0 aromatic carbocycles. The minimum absolute atomic E-state index is 0.670. The minimum atomic E-state index is 0.670. The molecule has 0 rings (SSSR count). The summed E-state index contributed by atoms with van der Waals surface area (Å²) in [6.45, 7) is 0. The molecule has 0 bridgehead atoms. The number of thiol groups is 1. The van der Waals surface area contributed by atoms with E-state index in [9.17, 15) is 0 Å². The van der Waals surface area contributed by atoms with Gasteiger partial charge in [-0.15, -0.1) is 0 Å². The van der Waals surface area contributed by atoms with Crippen LogP contribution in [0.5, 0.6) is 0 Å². The van der Waals surface area contributed by atoms with Crippen LogP contribution in [0.25, 0.3) is 0 Å². The Hall–Kier alpha value is 0.640. The highest BCUT2D eigenvalue weighted by atomic mass is 127. The van der Waals surface area contributed by atoms with E-state index >= 15 is 0 Å². The molecule has 28 valence electrons. The van der Waals surface area contributed by atoms with Crippen LogP contribution in [-0.4, -0.2) is 5.75 Å². The molecule has 0 aliphatic heterocycles. The second-order valence-electron chi connectivity index (χ2n) is 0.429. The molecule has 0 saturated carbocycles. The van der Waals surface area contributed by atoms with E-state index in [4.69, 9.17) is 0 Å². The largest absolute Gasteiger partial charge is 0.166 e. The fourth-order valence-corrected chi connectivity index (χ4v) is 0.601. The first-order valence-corrected chi connectivity index (χ1v) is 2.82. The van der Waals surface area contributed by atoms with Gasteiger partial charge in [-0.1, -0.05) is 5.92 Å². The van der Waals surface area contributed by atoms with Crippen molar-refractivity contribution in [3.8, 4) is 9.85 Å². The lowest BCUT2D eigenvalue weighted by Gasteiger charge is -1.56. The molecule has 0 radical (unpaired) electrons. The first-order valence-electron chi connectivity index (χ1n) is 1.11. The van der Waals surface area contributed by atoms with Crippen LogP contribution in [0.1, 0.15) is 0 Å². The van der Waals surface area contributed by atoms with Crippen molar-refractivity contribution >= 4 is 35.2 Å². The summed E-state index contributed by atoms with van der Waals surface area (Å²) in [6, 6.07) is 0.